The Hall–Kier alpha value is -3.95. The van der Waals surface area contributed by atoms with Crippen molar-refractivity contribution in [1.82, 2.24) is 19.3 Å². The van der Waals surface area contributed by atoms with Crippen molar-refractivity contribution in [2.24, 2.45) is 17.8 Å². The van der Waals surface area contributed by atoms with Gasteiger partial charge >= 0.3 is 21.1 Å². The van der Waals surface area contributed by atoms with Gasteiger partial charge < -0.3 is 9.30 Å². The van der Waals surface area contributed by atoms with Crippen LogP contribution in [0.15, 0.2) is 78.5 Å². The van der Waals surface area contributed by atoms with E-state index in [0.29, 0.717) is 35.2 Å². The first-order chi connectivity index (χ1) is 24.8. The quantitative estimate of drug-likeness (QED) is 0.107. The Kier molecular flexibility index (Phi) is 11.3. The fourth-order valence-electron chi connectivity index (χ4n) is 8.46. The number of pyridine rings is 1. The van der Waals surface area contributed by atoms with Gasteiger partial charge in [-0.3, -0.25) is 4.68 Å². The largest absolute Gasteiger partial charge is 2.00 e. The Balaban J connectivity index is 0.00000481. The second kappa shape index (κ2) is 15.4. The number of benzene rings is 3. The second-order valence-corrected chi connectivity index (χ2v) is 16.5. The average molecular weight is 886 g/mol. The fraction of sp³-hybridized carbons (Fsp3) is 0.404. The SMILES string of the molecule is CCCc1ccnc(-n2c3[c-]c(Oc4[c-]c(-n5nc(C)c(C6C(C(C)C)=CCC[C@@H]6C(C)C)c5C)cc(C(C)(C)C)c4)ccc3c3ccccc32)c1.[Pt+2]. The van der Waals surface area contributed by atoms with Crippen molar-refractivity contribution in [3.63, 3.8) is 0 Å². The molecule has 0 amide bonds. The minimum absolute atomic E-state index is 0. The molecule has 1 unspecified atom stereocenters. The number of rotatable bonds is 9. The summed E-state index contributed by atoms with van der Waals surface area (Å²) < 4.78 is 11.0. The molecule has 0 aliphatic heterocycles. The number of ether oxygens (including phenoxy) is 1. The summed E-state index contributed by atoms with van der Waals surface area (Å²) in [5.41, 5.74) is 10.5. The summed E-state index contributed by atoms with van der Waals surface area (Å²) in [6.07, 6.45) is 8.89. The summed E-state index contributed by atoms with van der Waals surface area (Å²) in [6, 6.07) is 28.6. The van der Waals surface area contributed by atoms with Gasteiger partial charge in [0.15, 0.2) is 0 Å². The topological polar surface area (TPSA) is 44.9 Å². The second-order valence-electron chi connectivity index (χ2n) is 16.5. The third kappa shape index (κ3) is 7.44. The van der Waals surface area contributed by atoms with Gasteiger partial charge in [0.25, 0.3) is 0 Å². The fourth-order valence-corrected chi connectivity index (χ4v) is 8.46. The number of fused-ring (bicyclic) bond motifs is 3. The smallest absolute Gasteiger partial charge is 0.509 e. The van der Waals surface area contributed by atoms with Crippen LogP contribution in [0.4, 0.5) is 0 Å². The van der Waals surface area contributed by atoms with Gasteiger partial charge in [-0.15, -0.1) is 41.3 Å². The van der Waals surface area contributed by atoms with E-state index in [9.17, 15) is 0 Å². The Bertz CT molecular complexity index is 2280. The molecule has 2 atom stereocenters. The minimum atomic E-state index is -0.115. The Morgan fingerprint density at radius 3 is 2.42 bits per heavy atom. The maximum atomic E-state index is 6.73. The first kappa shape index (κ1) is 38.8. The van der Waals surface area contributed by atoms with Gasteiger partial charge in [0.1, 0.15) is 5.82 Å². The van der Waals surface area contributed by atoms with Crippen LogP contribution in [0.5, 0.6) is 11.5 Å². The molecule has 3 heterocycles. The van der Waals surface area contributed by atoms with Crippen LogP contribution < -0.4 is 4.74 Å². The van der Waals surface area contributed by atoms with E-state index in [-0.39, 0.29) is 26.5 Å². The van der Waals surface area contributed by atoms with Crippen LogP contribution in [-0.2, 0) is 32.9 Å². The van der Waals surface area contributed by atoms with E-state index in [1.165, 1.54) is 28.6 Å². The molecule has 0 saturated heterocycles. The average Bonchev–Trinajstić information content (AvgIpc) is 3.59. The minimum Gasteiger partial charge on any atom is -0.509 e. The monoisotopic (exact) mass is 885 g/mol. The molecule has 278 valence electrons. The molecule has 0 bridgehead atoms. The maximum absolute atomic E-state index is 6.73. The van der Waals surface area contributed by atoms with Crippen molar-refractivity contribution in [2.45, 2.75) is 106 Å². The molecule has 5 nitrogen and oxygen atoms in total. The van der Waals surface area contributed by atoms with E-state index in [1.807, 2.05) is 12.3 Å². The summed E-state index contributed by atoms with van der Waals surface area (Å²) in [7, 11) is 0. The van der Waals surface area contributed by atoms with Crippen molar-refractivity contribution in [3.05, 3.63) is 119 Å². The molecule has 1 aliphatic carbocycles. The van der Waals surface area contributed by atoms with E-state index in [4.69, 9.17) is 14.8 Å². The van der Waals surface area contributed by atoms with E-state index < -0.39 is 0 Å². The summed E-state index contributed by atoms with van der Waals surface area (Å²) >= 11 is 0. The van der Waals surface area contributed by atoms with Gasteiger partial charge in [-0.25, -0.2) is 4.98 Å². The van der Waals surface area contributed by atoms with Gasteiger partial charge in [-0.05, 0) is 91.1 Å². The number of hydrogen-bond donors (Lipinski definition) is 0. The van der Waals surface area contributed by atoms with Gasteiger partial charge in [0.05, 0.1) is 5.69 Å². The van der Waals surface area contributed by atoms with E-state index in [1.54, 1.807) is 5.57 Å². The number of hydrogen-bond acceptors (Lipinski definition) is 3. The van der Waals surface area contributed by atoms with Crippen LogP contribution in [0.2, 0.25) is 0 Å². The maximum Gasteiger partial charge on any atom is 2.00 e. The number of nitrogens with zero attached hydrogens (tertiary/aromatic N) is 4. The first-order valence-corrected chi connectivity index (χ1v) is 19.3. The molecule has 0 spiro atoms. The van der Waals surface area contributed by atoms with Crippen molar-refractivity contribution in [3.8, 4) is 23.0 Å². The van der Waals surface area contributed by atoms with Gasteiger partial charge in [-0.2, -0.15) is 11.2 Å². The zero-order chi connectivity index (χ0) is 36.9. The molecule has 53 heavy (non-hydrogen) atoms. The third-order valence-corrected chi connectivity index (χ3v) is 11.1. The molecular weight excluding hydrogens is 832 g/mol. The molecule has 3 aromatic carbocycles. The van der Waals surface area contributed by atoms with E-state index >= 15 is 0 Å². The number of allylic oxidation sites excluding steroid dienone is 2. The molecule has 0 fully saturated rings. The predicted molar refractivity (Wildman–Crippen MR) is 215 cm³/mol. The number of aromatic nitrogens is 4. The van der Waals surface area contributed by atoms with E-state index in [2.05, 4.69) is 151 Å². The van der Waals surface area contributed by atoms with Crippen molar-refractivity contribution in [1.29, 1.82) is 0 Å². The molecule has 0 N–H and O–H groups in total. The molecule has 0 saturated carbocycles. The summed E-state index contributed by atoms with van der Waals surface area (Å²) in [5, 5.41) is 7.51. The summed E-state index contributed by atoms with van der Waals surface area (Å²) in [6.45, 7) is 22.8. The third-order valence-electron chi connectivity index (χ3n) is 11.1. The molecule has 3 aromatic heterocycles. The Morgan fingerprint density at radius 1 is 0.925 bits per heavy atom. The number of aryl methyl sites for hydroxylation is 2. The predicted octanol–water partition coefficient (Wildman–Crippen LogP) is 12.4. The molecule has 6 aromatic rings. The zero-order valence-electron chi connectivity index (χ0n) is 33.1. The van der Waals surface area contributed by atoms with Crippen LogP contribution in [0.1, 0.15) is 109 Å². The number of para-hydroxylation sites is 1. The van der Waals surface area contributed by atoms with Crippen LogP contribution in [0.25, 0.3) is 33.3 Å². The van der Waals surface area contributed by atoms with Crippen molar-refractivity contribution in [2.75, 3.05) is 0 Å². The molecule has 6 heteroatoms. The van der Waals surface area contributed by atoms with Crippen LogP contribution in [-0.4, -0.2) is 19.3 Å². The zero-order valence-corrected chi connectivity index (χ0v) is 35.4. The molecular formula is C47H54N4OPt. The molecule has 1 aliphatic rings. The normalized spacial score (nSPS) is 16.4. The first-order valence-electron chi connectivity index (χ1n) is 19.3. The van der Waals surface area contributed by atoms with Crippen LogP contribution in [0, 0.1) is 43.7 Å². The Labute approximate surface area is 331 Å². The summed E-state index contributed by atoms with van der Waals surface area (Å²) in [5.74, 6) is 4.22. The molecule has 0 radical (unpaired) electrons. The van der Waals surface area contributed by atoms with Crippen LogP contribution in [0.3, 0.4) is 0 Å². The van der Waals surface area contributed by atoms with Crippen LogP contribution >= 0.6 is 0 Å². The Morgan fingerprint density at radius 2 is 1.70 bits per heavy atom. The van der Waals surface area contributed by atoms with Gasteiger partial charge in [-0.1, -0.05) is 97.2 Å². The standard InChI is InChI=1S/C47H54N4O.Pt/c1-11-15-33-22-23-48-44(24-33)50-42-19-13-12-16-40(42)41-21-20-36(28-43(41)50)52-37-26-34(47(8,9)10)25-35(27-37)51-32(7)45(31(6)49-51)46-38(29(2)3)17-14-18-39(46)30(4)5;/h12-13,16-17,19-26,29-30,39,46H,11,14-15,18H2,1-10H3;/q-2;+2/t39-,46?;/m1./s1. The van der Waals surface area contributed by atoms with Crippen molar-refractivity contribution >= 4 is 21.8 Å². The molecule has 7 rings (SSSR count). The van der Waals surface area contributed by atoms with E-state index in [0.717, 1.165) is 58.4 Å². The van der Waals surface area contributed by atoms with Gasteiger partial charge in [0, 0.05) is 40.4 Å². The van der Waals surface area contributed by atoms with Crippen molar-refractivity contribution < 1.29 is 25.8 Å². The van der Waals surface area contributed by atoms with Gasteiger partial charge in [0.2, 0.25) is 0 Å². The summed E-state index contributed by atoms with van der Waals surface area (Å²) in [4.78, 5) is 4.82.